The molecule has 0 fully saturated rings. The molecular weight excluding hydrogens is 312 g/mol. The molecule has 116 valence electrons. The van der Waals surface area contributed by atoms with Crippen molar-refractivity contribution in [2.75, 3.05) is 0 Å². The number of nitrogens with zero attached hydrogens (tertiary/aromatic N) is 4. The van der Waals surface area contributed by atoms with Gasteiger partial charge in [0, 0.05) is 24.1 Å². The number of aromatic nitrogens is 4. The molecule has 23 heavy (non-hydrogen) atoms. The van der Waals surface area contributed by atoms with Crippen LogP contribution in [-0.2, 0) is 12.8 Å². The maximum absolute atomic E-state index is 12.5. The number of carbonyl (C=O) groups excluding carboxylic acids is 1. The summed E-state index contributed by atoms with van der Waals surface area (Å²) >= 11 is 5.94. The molecule has 0 unspecified atom stereocenters. The third-order valence-electron chi connectivity index (χ3n) is 4.28. The first-order valence-corrected chi connectivity index (χ1v) is 8.05. The Kier molecular flexibility index (Phi) is 3.38. The quantitative estimate of drug-likeness (QED) is 0.725. The summed E-state index contributed by atoms with van der Waals surface area (Å²) < 4.78 is 1.61. The predicted octanol–water partition coefficient (Wildman–Crippen LogP) is 3.25. The molecule has 0 bridgehead atoms. The summed E-state index contributed by atoms with van der Waals surface area (Å²) in [6.45, 7) is 2.00. The van der Waals surface area contributed by atoms with Gasteiger partial charge in [0.15, 0.2) is 11.6 Å². The first-order valence-electron chi connectivity index (χ1n) is 7.68. The first kappa shape index (κ1) is 14.3. The van der Waals surface area contributed by atoms with E-state index in [0.717, 1.165) is 29.9 Å². The third-order valence-corrected chi connectivity index (χ3v) is 4.54. The number of fused-ring (bicyclic) bond motifs is 2. The summed E-state index contributed by atoms with van der Waals surface area (Å²) in [5.41, 5.74) is 2.59. The molecule has 2 aromatic heterocycles. The Morgan fingerprint density at radius 1 is 1.22 bits per heavy atom. The van der Waals surface area contributed by atoms with Gasteiger partial charge in [0.1, 0.15) is 0 Å². The Morgan fingerprint density at radius 3 is 2.74 bits per heavy atom. The number of benzene rings is 1. The molecule has 6 heteroatoms. The van der Waals surface area contributed by atoms with Crippen molar-refractivity contribution >= 4 is 23.2 Å². The molecule has 3 aromatic rings. The van der Waals surface area contributed by atoms with E-state index < -0.39 is 0 Å². The molecule has 1 aromatic carbocycles. The zero-order valence-corrected chi connectivity index (χ0v) is 13.4. The standard InChI is InChI=1S/C17H15ClN4O/c1-2-16-20-17-19-14-7-11(10-3-5-12(18)6-4-10)8-15(23)13(14)9-22(17)21-16/h3-6,9,11H,2,7-8H2,1H3/t11-/m1/s1. The lowest BCUT2D eigenvalue weighted by atomic mass is 9.82. The minimum Gasteiger partial charge on any atom is -0.294 e. The average molecular weight is 327 g/mol. The maximum atomic E-state index is 12.5. The fourth-order valence-corrected chi connectivity index (χ4v) is 3.17. The Labute approximate surface area is 138 Å². The van der Waals surface area contributed by atoms with Gasteiger partial charge in [-0.15, -0.1) is 5.10 Å². The molecule has 1 atom stereocenters. The Balaban J connectivity index is 1.75. The van der Waals surface area contributed by atoms with Crippen LogP contribution in [0.4, 0.5) is 0 Å². The molecule has 0 N–H and O–H groups in total. The van der Waals surface area contributed by atoms with Crippen molar-refractivity contribution < 1.29 is 4.79 Å². The summed E-state index contributed by atoms with van der Waals surface area (Å²) in [5, 5.41) is 5.04. The number of halogens is 1. The SMILES string of the molecule is CCc1nc2nc3c(cn2n1)C(=O)C[C@H](c1ccc(Cl)cc1)C3. The normalized spacial score (nSPS) is 17.5. The molecule has 1 aliphatic carbocycles. The van der Waals surface area contributed by atoms with E-state index >= 15 is 0 Å². The summed E-state index contributed by atoms with van der Waals surface area (Å²) in [6.07, 6.45) is 3.73. The van der Waals surface area contributed by atoms with Crippen LogP contribution < -0.4 is 0 Å². The van der Waals surface area contributed by atoms with Crippen LogP contribution in [0.5, 0.6) is 0 Å². The van der Waals surface area contributed by atoms with Gasteiger partial charge in [-0.1, -0.05) is 30.7 Å². The first-order chi connectivity index (χ1) is 11.1. The highest BCUT2D eigenvalue weighted by atomic mass is 35.5. The summed E-state index contributed by atoms with van der Waals surface area (Å²) in [7, 11) is 0. The fourth-order valence-electron chi connectivity index (χ4n) is 3.05. The van der Waals surface area contributed by atoms with E-state index in [9.17, 15) is 4.79 Å². The molecule has 5 nitrogen and oxygen atoms in total. The van der Waals surface area contributed by atoms with E-state index in [1.807, 2.05) is 31.2 Å². The second kappa shape index (κ2) is 5.42. The van der Waals surface area contributed by atoms with Crippen LogP contribution in [0, 0.1) is 0 Å². The zero-order valence-electron chi connectivity index (χ0n) is 12.7. The molecule has 2 heterocycles. The lowest BCUT2D eigenvalue weighted by molar-refractivity contribution is 0.0962. The van der Waals surface area contributed by atoms with Crippen molar-refractivity contribution in [3.8, 4) is 0 Å². The Hall–Kier alpha value is -2.27. The van der Waals surface area contributed by atoms with Crippen LogP contribution in [-0.4, -0.2) is 25.4 Å². The van der Waals surface area contributed by atoms with Crippen molar-refractivity contribution in [1.82, 2.24) is 19.6 Å². The second-order valence-corrected chi connectivity index (χ2v) is 6.24. The number of aryl methyl sites for hydroxylation is 1. The summed E-state index contributed by atoms with van der Waals surface area (Å²) in [5.74, 6) is 1.54. The second-order valence-electron chi connectivity index (χ2n) is 5.81. The van der Waals surface area contributed by atoms with Gasteiger partial charge in [-0.2, -0.15) is 4.98 Å². The van der Waals surface area contributed by atoms with Gasteiger partial charge in [-0.3, -0.25) is 4.79 Å². The lowest BCUT2D eigenvalue weighted by Crippen LogP contribution is -2.21. The van der Waals surface area contributed by atoms with Crippen molar-refractivity contribution in [3.05, 3.63) is 58.1 Å². The van der Waals surface area contributed by atoms with Crippen LogP contribution in [0.25, 0.3) is 5.78 Å². The van der Waals surface area contributed by atoms with Gasteiger partial charge in [-0.05, 0) is 30.0 Å². The molecule has 0 radical (unpaired) electrons. The van der Waals surface area contributed by atoms with Crippen molar-refractivity contribution in [2.45, 2.75) is 32.1 Å². The Morgan fingerprint density at radius 2 is 2.00 bits per heavy atom. The van der Waals surface area contributed by atoms with E-state index in [4.69, 9.17) is 11.6 Å². The largest absolute Gasteiger partial charge is 0.294 e. The van der Waals surface area contributed by atoms with Gasteiger partial charge >= 0.3 is 0 Å². The lowest BCUT2D eigenvalue weighted by Gasteiger charge is -2.23. The van der Waals surface area contributed by atoms with Gasteiger partial charge in [0.2, 0.25) is 0 Å². The summed E-state index contributed by atoms with van der Waals surface area (Å²) in [6, 6.07) is 7.69. The molecule has 0 amide bonds. The highest BCUT2D eigenvalue weighted by Crippen LogP contribution is 2.32. The highest BCUT2D eigenvalue weighted by molar-refractivity contribution is 6.30. The number of hydrogen-bond donors (Lipinski definition) is 0. The molecule has 4 rings (SSSR count). The van der Waals surface area contributed by atoms with E-state index in [1.165, 1.54) is 0 Å². The summed E-state index contributed by atoms with van der Waals surface area (Å²) in [4.78, 5) is 21.5. The number of hydrogen-bond acceptors (Lipinski definition) is 4. The van der Waals surface area contributed by atoms with Crippen LogP contribution in [0.2, 0.25) is 5.02 Å². The van der Waals surface area contributed by atoms with Gasteiger partial charge < -0.3 is 0 Å². The topological polar surface area (TPSA) is 60.1 Å². The number of ketones is 1. The van der Waals surface area contributed by atoms with Crippen LogP contribution in [0.1, 0.15) is 46.7 Å². The fraction of sp³-hybridized carbons (Fsp3) is 0.294. The molecule has 0 aliphatic heterocycles. The Bertz CT molecular complexity index is 901. The average Bonchev–Trinajstić information content (AvgIpc) is 2.96. The third kappa shape index (κ3) is 2.51. The maximum Gasteiger partial charge on any atom is 0.252 e. The molecular formula is C17H15ClN4O. The highest BCUT2D eigenvalue weighted by Gasteiger charge is 2.28. The molecule has 1 aliphatic rings. The number of carbonyl (C=O) groups is 1. The van der Waals surface area contributed by atoms with Crippen molar-refractivity contribution in [3.63, 3.8) is 0 Å². The van der Waals surface area contributed by atoms with Crippen molar-refractivity contribution in [2.24, 2.45) is 0 Å². The van der Waals surface area contributed by atoms with Gasteiger partial charge in [0.05, 0.1) is 11.3 Å². The molecule has 0 saturated heterocycles. The van der Waals surface area contributed by atoms with E-state index in [0.29, 0.717) is 22.8 Å². The van der Waals surface area contributed by atoms with Gasteiger partial charge in [0.25, 0.3) is 5.78 Å². The molecule has 0 saturated carbocycles. The molecule has 0 spiro atoms. The van der Waals surface area contributed by atoms with E-state index in [2.05, 4.69) is 15.1 Å². The van der Waals surface area contributed by atoms with Crippen LogP contribution in [0.3, 0.4) is 0 Å². The zero-order chi connectivity index (χ0) is 16.0. The van der Waals surface area contributed by atoms with E-state index in [-0.39, 0.29) is 11.7 Å². The predicted molar refractivity (Wildman–Crippen MR) is 87.0 cm³/mol. The minimum atomic E-state index is 0.106. The minimum absolute atomic E-state index is 0.106. The van der Waals surface area contributed by atoms with Gasteiger partial charge in [-0.25, -0.2) is 9.50 Å². The number of rotatable bonds is 2. The van der Waals surface area contributed by atoms with Crippen LogP contribution in [0.15, 0.2) is 30.5 Å². The van der Waals surface area contributed by atoms with E-state index in [1.54, 1.807) is 10.7 Å². The number of Topliss-reactive ketones (excluding diaryl/α,β-unsaturated/α-hetero) is 1. The van der Waals surface area contributed by atoms with Crippen LogP contribution >= 0.6 is 11.6 Å². The monoisotopic (exact) mass is 326 g/mol. The smallest absolute Gasteiger partial charge is 0.252 e. The van der Waals surface area contributed by atoms with Crippen molar-refractivity contribution in [1.29, 1.82) is 0 Å².